The minimum absolute atomic E-state index is 0.613. The number of hydrogen-bond donors (Lipinski definition) is 1. The Balaban J connectivity index is 1.42. The lowest BCUT2D eigenvalue weighted by atomic mass is 9.97. The summed E-state index contributed by atoms with van der Waals surface area (Å²) in [6.45, 7) is 4.83. The third kappa shape index (κ3) is 4.48. The molecular formula is C18H25N3O2. The zero-order valence-corrected chi connectivity index (χ0v) is 13.7. The molecule has 23 heavy (non-hydrogen) atoms. The van der Waals surface area contributed by atoms with E-state index >= 15 is 0 Å². The molecule has 2 aliphatic rings. The molecule has 0 amide bonds. The van der Waals surface area contributed by atoms with Crippen LogP contribution in [0.3, 0.4) is 0 Å². The van der Waals surface area contributed by atoms with Crippen molar-refractivity contribution in [2.45, 2.75) is 12.8 Å². The van der Waals surface area contributed by atoms with E-state index in [4.69, 9.17) is 9.47 Å². The molecule has 0 radical (unpaired) electrons. The standard InChI is InChI=1S/C18H25N3O2/c1-22-17-4-2-3-5-18(17)23-14-15-6-10-21(11-7-15)13-16-12-19-8-9-20-16/h2-5,8-9,15,19H,6-7,10-14H2,1H3. The van der Waals surface area contributed by atoms with Crippen LogP contribution in [0.5, 0.6) is 11.5 Å². The summed E-state index contributed by atoms with van der Waals surface area (Å²) in [6.07, 6.45) is 6.08. The van der Waals surface area contributed by atoms with Gasteiger partial charge in [0.1, 0.15) is 0 Å². The smallest absolute Gasteiger partial charge is 0.161 e. The molecule has 5 heteroatoms. The molecule has 124 valence electrons. The van der Waals surface area contributed by atoms with Crippen LogP contribution in [0, 0.1) is 5.92 Å². The molecule has 0 unspecified atom stereocenters. The normalized spacial score (nSPS) is 19.1. The van der Waals surface area contributed by atoms with Crippen molar-refractivity contribution in [2.75, 3.05) is 39.9 Å². The minimum Gasteiger partial charge on any atom is -0.493 e. The Kier molecular flexibility index (Phi) is 5.53. The number of nitrogens with one attached hydrogen (secondary N) is 1. The van der Waals surface area contributed by atoms with Crippen molar-refractivity contribution in [3.05, 3.63) is 36.7 Å². The highest BCUT2D eigenvalue weighted by Gasteiger charge is 2.21. The number of hydrogen-bond acceptors (Lipinski definition) is 5. The van der Waals surface area contributed by atoms with Crippen molar-refractivity contribution in [3.63, 3.8) is 0 Å². The number of piperidine rings is 1. The van der Waals surface area contributed by atoms with Gasteiger partial charge in [-0.15, -0.1) is 0 Å². The van der Waals surface area contributed by atoms with E-state index in [2.05, 4.69) is 15.2 Å². The van der Waals surface area contributed by atoms with Crippen molar-refractivity contribution >= 4 is 5.71 Å². The number of methoxy groups -OCH3 is 1. The number of benzene rings is 1. The Morgan fingerprint density at radius 2 is 2.00 bits per heavy atom. The maximum absolute atomic E-state index is 5.97. The van der Waals surface area contributed by atoms with Gasteiger partial charge < -0.3 is 14.8 Å². The summed E-state index contributed by atoms with van der Waals surface area (Å²) in [7, 11) is 1.68. The van der Waals surface area contributed by atoms with E-state index in [0.29, 0.717) is 5.92 Å². The van der Waals surface area contributed by atoms with Crippen LogP contribution in [0.4, 0.5) is 0 Å². The molecule has 0 aromatic heterocycles. The summed E-state index contributed by atoms with van der Waals surface area (Å²) in [5.74, 6) is 2.26. The van der Waals surface area contributed by atoms with Crippen LogP contribution in [0.25, 0.3) is 0 Å². The quantitative estimate of drug-likeness (QED) is 0.875. The molecule has 1 aromatic carbocycles. The molecule has 0 bridgehead atoms. The fourth-order valence-corrected chi connectivity index (χ4v) is 3.03. The highest BCUT2D eigenvalue weighted by atomic mass is 16.5. The van der Waals surface area contributed by atoms with Crippen molar-refractivity contribution in [2.24, 2.45) is 10.9 Å². The monoisotopic (exact) mass is 315 g/mol. The van der Waals surface area contributed by atoms with Gasteiger partial charge in [-0.25, -0.2) is 0 Å². The van der Waals surface area contributed by atoms with E-state index in [-0.39, 0.29) is 0 Å². The highest BCUT2D eigenvalue weighted by Crippen LogP contribution is 2.27. The van der Waals surface area contributed by atoms with Crippen LogP contribution in [-0.2, 0) is 0 Å². The van der Waals surface area contributed by atoms with Crippen molar-refractivity contribution in [1.29, 1.82) is 0 Å². The minimum atomic E-state index is 0.613. The lowest BCUT2D eigenvalue weighted by Gasteiger charge is -2.32. The van der Waals surface area contributed by atoms with Gasteiger partial charge in [0, 0.05) is 18.9 Å². The van der Waals surface area contributed by atoms with Gasteiger partial charge >= 0.3 is 0 Å². The van der Waals surface area contributed by atoms with Gasteiger partial charge in [0.25, 0.3) is 0 Å². The number of aliphatic imine (C=N–C) groups is 1. The SMILES string of the molecule is COc1ccccc1OCC1CCN(CC2=NC=CNC2)CC1. The lowest BCUT2D eigenvalue weighted by molar-refractivity contribution is 0.150. The summed E-state index contributed by atoms with van der Waals surface area (Å²) in [5.41, 5.74) is 1.22. The number of ether oxygens (including phenoxy) is 2. The Morgan fingerprint density at radius 1 is 1.22 bits per heavy atom. The highest BCUT2D eigenvalue weighted by molar-refractivity contribution is 5.89. The summed E-state index contributed by atoms with van der Waals surface area (Å²) in [6, 6.07) is 7.84. The van der Waals surface area contributed by atoms with E-state index in [1.165, 1.54) is 18.6 Å². The Hall–Kier alpha value is -2.01. The molecule has 1 aromatic rings. The average molecular weight is 315 g/mol. The summed E-state index contributed by atoms with van der Waals surface area (Å²) >= 11 is 0. The predicted molar refractivity (Wildman–Crippen MR) is 92.2 cm³/mol. The first-order chi connectivity index (χ1) is 11.3. The molecule has 1 N–H and O–H groups in total. The molecule has 0 spiro atoms. The molecule has 5 nitrogen and oxygen atoms in total. The molecule has 2 aliphatic heterocycles. The fraction of sp³-hybridized carbons (Fsp3) is 0.500. The first-order valence-electron chi connectivity index (χ1n) is 8.27. The molecule has 1 saturated heterocycles. The molecule has 0 atom stereocenters. The van der Waals surface area contributed by atoms with E-state index in [0.717, 1.165) is 44.3 Å². The zero-order valence-electron chi connectivity index (χ0n) is 13.7. The lowest BCUT2D eigenvalue weighted by Crippen LogP contribution is -2.41. The third-order valence-electron chi connectivity index (χ3n) is 4.41. The summed E-state index contributed by atoms with van der Waals surface area (Å²) in [5, 5.41) is 3.21. The first-order valence-corrected chi connectivity index (χ1v) is 8.27. The number of para-hydroxylation sites is 2. The van der Waals surface area contributed by atoms with Crippen LogP contribution in [-0.4, -0.2) is 50.5 Å². The second-order valence-corrected chi connectivity index (χ2v) is 6.07. The van der Waals surface area contributed by atoms with Crippen molar-refractivity contribution in [1.82, 2.24) is 10.2 Å². The van der Waals surface area contributed by atoms with E-state index < -0.39 is 0 Å². The average Bonchev–Trinajstić information content (AvgIpc) is 2.62. The topological polar surface area (TPSA) is 46.1 Å². The van der Waals surface area contributed by atoms with Gasteiger partial charge in [-0.1, -0.05) is 12.1 Å². The van der Waals surface area contributed by atoms with Crippen LogP contribution < -0.4 is 14.8 Å². The Labute approximate surface area is 138 Å². The Morgan fingerprint density at radius 3 is 2.70 bits per heavy atom. The fourth-order valence-electron chi connectivity index (χ4n) is 3.03. The largest absolute Gasteiger partial charge is 0.493 e. The van der Waals surface area contributed by atoms with Crippen molar-refractivity contribution < 1.29 is 9.47 Å². The van der Waals surface area contributed by atoms with Gasteiger partial charge in [0.2, 0.25) is 0 Å². The molecule has 0 aliphatic carbocycles. The molecule has 0 saturated carbocycles. The molecule has 1 fully saturated rings. The first kappa shape index (κ1) is 15.9. The van der Waals surface area contributed by atoms with Crippen LogP contribution in [0.1, 0.15) is 12.8 Å². The van der Waals surface area contributed by atoms with Gasteiger partial charge in [-0.3, -0.25) is 9.89 Å². The summed E-state index contributed by atoms with van der Waals surface area (Å²) < 4.78 is 11.3. The van der Waals surface area contributed by atoms with Crippen LogP contribution >= 0.6 is 0 Å². The zero-order chi connectivity index (χ0) is 15.9. The number of likely N-dealkylation sites (tertiary alicyclic amines) is 1. The Bertz CT molecular complexity index is 563. The van der Waals surface area contributed by atoms with E-state index in [1.807, 2.05) is 36.7 Å². The van der Waals surface area contributed by atoms with Gasteiger partial charge in [0.05, 0.1) is 26.0 Å². The van der Waals surface area contributed by atoms with E-state index in [9.17, 15) is 0 Å². The van der Waals surface area contributed by atoms with Gasteiger partial charge in [-0.05, 0) is 44.0 Å². The van der Waals surface area contributed by atoms with E-state index in [1.54, 1.807) is 7.11 Å². The maximum atomic E-state index is 5.97. The van der Waals surface area contributed by atoms with Crippen LogP contribution in [0.15, 0.2) is 41.7 Å². The molecule has 2 heterocycles. The molecular weight excluding hydrogens is 290 g/mol. The van der Waals surface area contributed by atoms with Crippen LogP contribution in [0.2, 0.25) is 0 Å². The predicted octanol–water partition coefficient (Wildman–Crippen LogP) is 2.30. The number of nitrogens with zero attached hydrogens (tertiary/aromatic N) is 2. The second kappa shape index (κ2) is 8.02. The van der Waals surface area contributed by atoms with Gasteiger partial charge in [-0.2, -0.15) is 0 Å². The second-order valence-electron chi connectivity index (χ2n) is 6.07. The number of rotatable bonds is 6. The van der Waals surface area contributed by atoms with Gasteiger partial charge in [0.15, 0.2) is 11.5 Å². The maximum Gasteiger partial charge on any atom is 0.161 e. The summed E-state index contributed by atoms with van der Waals surface area (Å²) in [4.78, 5) is 6.92. The third-order valence-corrected chi connectivity index (χ3v) is 4.41. The molecule has 3 rings (SSSR count). The van der Waals surface area contributed by atoms with Crippen molar-refractivity contribution in [3.8, 4) is 11.5 Å².